The summed E-state index contributed by atoms with van der Waals surface area (Å²) in [4.78, 5) is 35.3. The van der Waals surface area contributed by atoms with Crippen molar-refractivity contribution in [2.75, 3.05) is 13.2 Å². The highest BCUT2D eigenvalue weighted by Gasteiger charge is 2.40. The van der Waals surface area contributed by atoms with Gasteiger partial charge in [-0.3, -0.25) is 19.7 Å². The van der Waals surface area contributed by atoms with Gasteiger partial charge in [0.05, 0.1) is 10.8 Å². The van der Waals surface area contributed by atoms with Crippen molar-refractivity contribution in [3.05, 3.63) is 33.9 Å². The van der Waals surface area contributed by atoms with E-state index < -0.39 is 52.8 Å². The Morgan fingerprint density at radius 2 is 2.08 bits per heavy atom. The number of alkyl halides is 3. The van der Waals surface area contributed by atoms with Crippen molar-refractivity contribution < 1.29 is 37.5 Å². The molecule has 1 fully saturated rings. The number of halogens is 3. The number of ether oxygens (including phenoxy) is 1. The summed E-state index contributed by atoms with van der Waals surface area (Å²) in [5, 5.41) is 20.3. The second-order valence-corrected chi connectivity index (χ2v) is 5.81. The number of nitrogens with zero attached hydrogens (tertiary/aromatic N) is 2. The molecule has 142 valence electrons. The van der Waals surface area contributed by atoms with E-state index in [0.29, 0.717) is 0 Å². The number of carboxylic acid groups (broad SMARTS) is 1. The minimum absolute atomic E-state index is 0.0712. The number of likely N-dealkylation sites (tertiary alicyclic amines) is 1. The van der Waals surface area contributed by atoms with Gasteiger partial charge < -0.3 is 14.7 Å². The lowest BCUT2D eigenvalue weighted by atomic mass is 10.0. The third-order valence-electron chi connectivity index (χ3n) is 4.13. The average Bonchev–Trinajstić information content (AvgIpc) is 2.93. The molecule has 2 rings (SSSR count). The quantitative estimate of drug-likeness (QED) is 0.624. The number of nitro benzene ring substituents is 1. The third kappa shape index (κ3) is 4.21. The van der Waals surface area contributed by atoms with Crippen molar-refractivity contribution in [1.82, 2.24) is 4.90 Å². The van der Waals surface area contributed by atoms with Gasteiger partial charge in [-0.15, -0.1) is 0 Å². The fraction of sp³-hybridized carbons (Fsp3) is 0.467. The zero-order chi connectivity index (χ0) is 19.6. The maximum absolute atomic E-state index is 12.7. The molecule has 1 aliphatic rings. The number of nitro groups is 1. The van der Waals surface area contributed by atoms with Crippen LogP contribution < -0.4 is 4.74 Å². The smallest absolute Gasteiger partial charge is 0.422 e. The SMILES string of the molecule is CC1C(C(=O)O)CCN1C(=O)c1cc(OCC(F)(F)F)ccc1[N+](=O)[O-]. The van der Waals surface area contributed by atoms with Crippen LogP contribution in [-0.4, -0.2) is 52.2 Å². The topological polar surface area (TPSA) is 110 Å². The Morgan fingerprint density at radius 1 is 1.42 bits per heavy atom. The Morgan fingerprint density at radius 3 is 2.58 bits per heavy atom. The van der Waals surface area contributed by atoms with E-state index in [4.69, 9.17) is 5.11 Å². The predicted molar refractivity (Wildman–Crippen MR) is 80.9 cm³/mol. The molecule has 1 aromatic carbocycles. The van der Waals surface area contributed by atoms with Crippen LogP contribution in [0.3, 0.4) is 0 Å². The third-order valence-corrected chi connectivity index (χ3v) is 4.13. The van der Waals surface area contributed by atoms with Gasteiger partial charge in [0.2, 0.25) is 0 Å². The van der Waals surface area contributed by atoms with Gasteiger partial charge in [0, 0.05) is 18.7 Å². The number of carbonyl (C=O) groups is 2. The van der Waals surface area contributed by atoms with Crippen molar-refractivity contribution in [3.63, 3.8) is 0 Å². The van der Waals surface area contributed by atoms with Crippen LogP contribution in [-0.2, 0) is 4.79 Å². The van der Waals surface area contributed by atoms with Crippen LogP contribution in [0.5, 0.6) is 5.75 Å². The predicted octanol–water partition coefficient (Wildman–Crippen LogP) is 2.47. The summed E-state index contributed by atoms with van der Waals surface area (Å²) < 4.78 is 41.3. The highest BCUT2D eigenvalue weighted by Crippen LogP contribution is 2.31. The molecular formula is C15H15F3N2O6. The molecule has 1 aliphatic heterocycles. The van der Waals surface area contributed by atoms with Crippen LogP contribution in [0.1, 0.15) is 23.7 Å². The summed E-state index contributed by atoms with van der Waals surface area (Å²) in [6.45, 7) is -0.0407. The van der Waals surface area contributed by atoms with Gasteiger partial charge >= 0.3 is 12.1 Å². The molecule has 0 bridgehead atoms. The minimum Gasteiger partial charge on any atom is -0.484 e. The van der Waals surface area contributed by atoms with Gasteiger partial charge in [0.15, 0.2) is 6.61 Å². The van der Waals surface area contributed by atoms with Gasteiger partial charge in [0.25, 0.3) is 11.6 Å². The molecule has 2 atom stereocenters. The van der Waals surface area contributed by atoms with E-state index in [-0.39, 0.29) is 18.7 Å². The number of rotatable bonds is 5. The van der Waals surface area contributed by atoms with E-state index in [0.717, 1.165) is 23.1 Å². The monoisotopic (exact) mass is 376 g/mol. The van der Waals surface area contributed by atoms with Crippen LogP contribution >= 0.6 is 0 Å². The van der Waals surface area contributed by atoms with Crippen LogP contribution in [0.25, 0.3) is 0 Å². The molecule has 1 amide bonds. The number of hydrogen-bond donors (Lipinski definition) is 1. The van der Waals surface area contributed by atoms with E-state index >= 15 is 0 Å². The highest BCUT2D eigenvalue weighted by molar-refractivity contribution is 5.99. The fourth-order valence-corrected chi connectivity index (χ4v) is 2.81. The largest absolute Gasteiger partial charge is 0.484 e. The van der Waals surface area contributed by atoms with E-state index in [9.17, 15) is 32.9 Å². The van der Waals surface area contributed by atoms with Gasteiger partial charge in [-0.1, -0.05) is 0 Å². The normalized spacial score (nSPS) is 20.1. The molecule has 0 radical (unpaired) electrons. The molecule has 0 saturated carbocycles. The highest BCUT2D eigenvalue weighted by atomic mass is 19.4. The summed E-state index contributed by atoms with van der Waals surface area (Å²) in [5.41, 5.74) is -1.05. The van der Waals surface area contributed by atoms with Gasteiger partial charge in [-0.05, 0) is 25.5 Å². The fourth-order valence-electron chi connectivity index (χ4n) is 2.81. The molecule has 1 heterocycles. The maximum Gasteiger partial charge on any atom is 0.422 e. The first-order chi connectivity index (χ1) is 12.0. The van der Waals surface area contributed by atoms with E-state index in [1.807, 2.05) is 0 Å². The minimum atomic E-state index is -4.61. The van der Waals surface area contributed by atoms with Crippen molar-refractivity contribution >= 4 is 17.6 Å². The molecule has 0 aromatic heterocycles. The molecular weight excluding hydrogens is 361 g/mol. The number of hydrogen-bond acceptors (Lipinski definition) is 5. The molecule has 11 heteroatoms. The molecule has 8 nitrogen and oxygen atoms in total. The Bertz CT molecular complexity index is 737. The second-order valence-electron chi connectivity index (χ2n) is 5.81. The lowest BCUT2D eigenvalue weighted by Crippen LogP contribution is -2.38. The number of carboxylic acids is 1. The summed E-state index contributed by atoms with van der Waals surface area (Å²) in [6, 6.07) is 2.01. The Balaban J connectivity index is 2.32. The summed E-state index contributed by atoms with van der Waals surface area (Å²) in [5.74, 6) is -3.09. The van der Waals surface area contributed by atoms with Gasteiger partial charge in [0.1, 0.15) is 11.3 Å². The molecule has 0 aliphatic carbocycles. The second kappa shape index (κ2) is 7.18. The van der Waals surface area contributed by atoms with Crippen LogP contribution in [0, 0.1) is 16.0 Å². The Kier molecular flexibility index (Phi) is 5.38. The standard InChI is InChI=1S/C15H15F3N2O6/c1-8-10(14(22)23)4-5-19(8)13(21)11-6-9(26-7-15(16,17)18)2-3-12(11)20(24)25/h2-3,6,8,10H,4-5,7H2,1H3,(H,22,23). The number of amides is 1. The zero-order valence-electron chi connectivity index (χ0n) is 13.5. The van der Waals surface area contributed by atoms with Crippen LogP contribution in [0.4, 0.5) is 18.9 Å². The van der Waals surface area contributed by atoms with Crippen molar-refractivity contribution in [2.45, 2.75) is 25.6 Å². The first-order valence-electron chi connectivity index (χ1n) is 7.53. The number of benzene rings is 1. The summed E-state index contributed by atoms with van der Waals surface area (Å²) in [6.07, 6.45) is -4.43. The first-order valence-corrected chi connectivity index (χ1v) is 7.53. The van der Waals surface area contributed by atoms with Gasteiger partial charge in [-0.25, -0.2) is 0 Å². The first kappa shape index (κ1) is 19.5. The van der Waals surface area contributed by atoms with E-state index in [1.165, 1.54) is 6.92 Å². The molecule has 0 spiro atoms. The molecule has 2 unspecified atom stereocenters. The molecule has 26 heavy (non-hydrogen) atoms. The average molecular weight is 376 g/mol. The van der Waals surface area contributed by atoms with Gasteiger partial charge in [-0.2, -0.15) is 13.2 Å². The Labute approximate surface area is 145 Å². The maximum atomic E-state index is 12.7. The van der Waals surface area contributed by atoms with E-state index in [1.54, 1.807) is 0 Å². The van der Waals surface area contributed by atoms with Crippen molar-refractivity contribution in [1.29, 1.82) is 0 Å². The van der Waals surface area contributed by atoms with Crippen LogP contribution in [0.2, 0.25) is 0 Å². The van der Waals surface area contributed by atoms with Crippen molar-refractivity contribution in [2.24, 2.45) is 5.92 Å². The molecule has 1 aromatic rings. The lowest BCUT2D eigenvalue weighted by molar-refractivity contribution is -0.385. The Hall–Kier alpha value is -2.85. The number of aliphatic carboxylic acids is 1. The summed E-state index contributed by atoms with van der Waals surface area (Å²) in [7, 11) is 0. The summed E-state index contributed by atoms with van der Waals surface area (Å²) >= 11 is 0. The van der Waals surface area contributed by atoms with E-state index in [2.05, 4.69) is 4.74 Å². The molecule has 1 saturated heterocycles. The number of carbonyl (C=O) groups excluding carboxylic acids is 1. The van der Waals surface area contributed by atoms with Crippen LogP contribution in [0.15, 0.2) is 18.2 Å². The molecule has 1 N–H and O–H groups in total. The lowest BCUT2D eigenvalue weighted by Gasteiger charge is -2.23. The van der Waals surface area contributed by atoms with Crippen molar-refractivity contribution in [3.8, 4) is 5.75 Å². The zero-order valence-corrected chi connectivity index (χ0v) is 13.5.